The van der Waals surface area contributed by atoms with E-state index in [1.165, 1.54) is 0 Å². The predicted octanol–water partition coefficient (Wildman–Crippen LogP) is 3.83. The summed E-state index contributed by atoms with van der Waals surface area (Å²) in [6.07, 6.45) is 4.42. The van der Waals surface area contributed by atoms with E-state index in [1.807, 2.05) is 18.2 Å². The van der Waals surface area contributed by atoms with Crippen LogP contribution in [-0.4, -0.2) is 18.3 Å². The van der Waals surface area contributed by atoms with Crippen LogP contribution in [0.1, 0.15) is 38.2 Å². The van der Waals surface area contributed by atoms with Gasteiger partial charge in [-0.2, -0.15) is 0 Å². The number of hydrogen-bond acceptors (Lipinski definition) is 2. The molecule has 0 saturated carbocycles. The number of halogens is 1. The van der Waals surface area contributed by atoms with Gasteiger partial charge in [-0.05, 0) is 49.4 Å². The lowest BCUT2D eigenvalue weighted by Gasteiger charge is -2.11. The predicted molar refractivity (Wildman–Crippen MR) is 71.9 cm³/mol. The molecule has 1 rings (SSSR count). The molecule has 0 aliphatic carbocycles. The van der Waals surface area contributed by atoms with E-state index in [1.54, 1.807) is 7.11 Å². The smallest absolute Gasteiger partial charge is 0.122 e. The van der Waals surface area contributed by atoms with E-state index in [2.05, 4.69) is 6.92 Å². The van der Waals surface area contributed by atoms with Crippen molar-refractivity contribution in [2.24, 2.45) is 0 Å². The second kappa shape index (κ2) is 7.57. The van der Waals surface area contributed by atoms with E-state index in [0.29, 0.717) is 0 Å². The Bertz CT molecular complexity index is 339. The first kappa shape index (κ1) is 14.3. The average molecular weight is 257 g/mol. The van der Waals surface area contributed by atoms with E-state index in [9.17, 15) is 5.11 Å². The van der Waals surface area contributed by atoms with Crippen LogP contribution in [0.15, 0.2) is 18.2 Å². The van der Waals surface area contributed by atoms with Gasteiger partial charge in [-0.1, -0.05) is 24.9 Å². The minimum atomic E-state index is -0.176. The van der Waals surface area contributed by atoms with Crippen LogP contribution >= 0.6 is 11.6 Å². The number of rotatable bonds is 7. The van der Waals surface area contributed by atoms with E-state index in [-0.39, 0.29) is 6.10 Å². The molecule has 0 aliphatic rings. The molecule has 0 radical (unpaired) electrons. The molecule has 0 amide bonds. The molecule has 0 aliphatic heterocycles. The summed E-state index contributed by atoms with van der Waals surface area (Å²) in [7, 11) is 1.67. The molecule has 0 heterocycles. The lowest BCUT2D eigenvalue weighted by atomic mass is 10.0. The zero-order valence-corrected chi connectivity index (χ0v) is 11.3. The molecule has 1 atom stereocenters. The van der Waals surface area contributed by atoms with Gasteiger partial charge in [-0.15, -0.1) is 0 Å². The number of aliphatic hydroxyl groups excluding tert-OH is 1. The van der Waals surface area contributed by atoms with Crippen molar-refractivity contribution in [1.29, 1.82) is 0 Å². The van der Waals surface area contributed by atoms with Crippen molar-refractivity contribution in [1.82, 2.24) is 0 Å². The zero-order chi connectivity index (χ0) is 12.7. The van der Waals surface area contributed by atoms with Crippen molar-refractivity contribution in [3.63, 3.8) is 0 Å². The Labute approximate surface area is 109 Å². The van der Waals surface area contributed by atoms with Crippen LogP contribution in [0.3, 0.4) is 0 Å². The fraction of sp³-hybridized carbons (Fsp3) is 0.571. The molecule has 1 N–H and O–H groups in total. The fourth-order valence-corrected chi connectivity index (χ4v) is 2.14. The summed E-state index contributed by atoms with van der Waals surface area (Å²) in [5.74, 6) is 0.874. The van der Waals surface area contributed by atoms with Gasteiger partial charge >= 0.3 is 0 Å². The van der Waals surface area contributed by atoms with Crippen molar-refractivity contribution >= 4 is 11.6 Å². The van der Waals surface area contributed by atoms with Gasteiger partial charge in [0.1, 0.15) is 5.75 Å². The second-order valence-corrected chi connectivity index (χ2v) is 4.73. The molecule has 1 aromatic carbocycles. The third-order valence-electron chi connectivity index (χ3n) is 2.85. The first-order chi connectivity index (χ1) is 8.17. The highest BCUT2D eigenvalue weighted by molar-refractivity contribution is 6.30. The van der Waals surface area contributed by atoms with E-state index < -0.39 is 0 Å². The Morgan fingerprint density at radius 3 is 2.76 bits per heavy atom. The monoisotopic (exact) mass is 256 g/mol. The Kier molecular flexibility index (Phi) is 6.38. The van der Waals surface area contributed by atoms with Gasteiger partial charge in [0.25, 0.3) is 0 Å². The van der Waals surface area contributed by atoms with E-state index >= 15 is 0 Å². The van der Waals surface area contributed by atoms with Crippen LogP contribution in [-0.2, 0) is 6.42 Å². The molecular formula is C14H21ClO2. The first-order valence-electron chi connectivity index (χ1n) is 6.17. The van der Waals surface area contributed by atoms with Crippen molar-refractivity contribution in [3.8, 4) is 5.75 Å². The summed E-state index contributed by atoms with van der Waals surface area (Å²) < 4.78 is 5.28. The molecule has 3 heteroatoms. The van der Waals surface area contributed by atoms with Gasteiger partial charge < -0.3 is 9.84 Å². The third kappa shape index (κ3) is 4.97. The van der Waals surface area contributed by atoms with Crippen LogP contribution in [0.4, 0.5) is 0 Å². The lowest BCUT2D eigenvalue weighted by molar-refractivity contribution is 0.151. The van der Waals surface area contributed by atoms with Crippen LogP contribution < -0.4 is 4.74 Å². The summed E-state index contributed by atoms with van der Waals surface area (Å²) in [5.41, 5.74) is 1.11. The highest BCUT2D eigenvalue weighted by atomic mass is 35.5. The molecule has 0 fully saturated rings. The van der Waals surface area contributed by atoms with Gasteiger partial charge in [0.2, 0.25) is 0 Å². The quantitative estimate of drug-likeness (QED) is 0.803. The first-order valence-corrected chi connectivity index (χ1v) is 6.55. The Morgan fingerprint density at radius 1 is 1.35 bits per heavy atom. The minimum Gasteiger partial charge on any atom is -0.496 e. The van der Waals surface area contributed by atoms with Crippen molar-refractivity contribution in [2.45, 2.75) is 45.1 Å². The van der Waals surface area contributed by atoms with E-state index in [4.69, 9.17) is 16.3 Å². The topological polar surface area (TPSA) is 29.5 Å². The third-order valence-corrected chi connectivity index (χ3v) is 3.08. The number of methoxy groups -OCH3 is 1. The summed E-state index contributed by atoms with van der Waals surface area (Å²) in [5, 5.41) is 10.4. The van der Waals surface area contributed by atoms with Gasteiger partial charge in [-0.3, -0.25) is 0 Å². The number of aryl methyl sites for hydroxylation is 1. The lowest BCUT2D eigenvalue weighted by Crippen LogP contribution is -2.06. The largest absolute Gasteiger partial charge is 0.496 e. The molecule has 0 aromatic heterocycles. The molecular weight excluding hydrogens is 236 g/mol. The maximum Gasteiger partial charge on any atom is 0.122 e. The van der Waals surface area contributed by atoms with Crippen LogP contribution in [0, 0.1) is 0 Å². The van der Waals surface area contributed by atoms with Gasteiger partial charge in [0, 0.05) is 5.02 Å². The van der Waals surface area contributed by atoms with Crippen LogP contribution in [0.25, 0.3) is 0 Å². The van der Waals surface area contributed by atoms with Crippen molar-refractivity contribution < 1.29 is 9.84 Å². The molecule has 1 unspecified atom stereocenters. The Hall–Kier alpha value is -0.730. The van der Waals surface area contributed by atoms with Gasteiger partial charge in [-0.25, -0.2) is 0 Å². The van der Waals surface area contributed by atoms with Crippen molar-refractivity contribution in [2.75, 3.05) is 7.11 Å². The SMILES string of the molecule is CCCC(O)CCCc1cc(Cl)ccc1OC. The van der Waals surface area contributed by atoms with Gasteiger partial charge in [0.15, 0.2) is 0 Å². The molecule has 2 nitrogen and oxygen atoms in total. The maximum atomic E-state index is 9.65. The summed E-state index contributed by atoms with van der Waals surface area (Å²) in [4.78, 5) is 0. The number of ether oxygens (including phenoxy) is 1. The van der Waals surface area contributed by atoms with Crippen LogP contribution in [0.2, 0.25) is 5.02 Å². The second-order valence-electron chi connectivity index (χ2n) is 4.29. The maximum absolute atomic E-state index is 9.65. The average Bonchev–Trinajstić information content (AvgIpc) is 2.30. The Morgan fingerprint density at radius 2 is 2.12 bits per heavy atom. The summed E-state index contributed by atoms with van der Waals surface area (Å²) in [6.45, 7) is 2.09. The van der Waals surface area contributed by atoms with Crippen LogP contribution in [0.5, 0.6) is 5.75 Å². The molecule has 0 bridgehead atoms. The van der Waals surface area contributed by atoms with Crippen molar-refractivity contribution in [3.05, 3.63) is 28.8 Å². The molecule has 17 heavy (non-hydrogen) atoms. The number of hydrogen-bond donors (Lipinski definition) is 1. The summed E-state index contributed by atoms with van der Waals surface area (Å²) >= 11 is 5.96. The van der Waals surface area contributed by atoms with E-state index in [0.717, 1.165) is 48.4 Å². The standard InChI is InChI=1S/C14H21ClO2/c1-3-5-13(16)7-4-6-11-10-12(15)8-9-14(11)17-2/h8-10,13,16H,3-7H2,1-2H3. The fourth-order valence-electron chi connectivity index (χ4n) is 1.95. The highest BCUT2D eigenvalue weighted by Gasteiger charge is 2.06. The highest BCUT2D eigenvalue weighted by Crippen LogP contribution is 2.24. The zero-order valence-electron chi connectivity index (χ0n) is 10.6. The number of benzene rings is 1. The Balaban J connectivity index is 2.48. The summed E-state index contributed by atoms with van der Waals surface area (Å²) in [6, 6.07) is 5.66. The normalized spacial score (nSPS) is 12.5. The molecule has 96 valence electrons. The van der Waals surface area contributed by atoms with Gasteiger partial charge in [0.05, 0.1) is 13.2 Å². The minimum absolute atomic E-state index is 0.176. The molecule has 1 aromatic rings. The molecule has 0 saturated heterocycles. The number of aliphatic hydroxyl groups is 1. The molecule has 0 spiro atoms.